The standard InChI is InChI=1S/C23H42Cl2O2/c1-2-3-4-5-6-7-8-9-10-11-12-13-14-15-16-17-18-19-20-27-23(26)22(25)21-24/h21H,2-20H2,1H3/b22-21-. The second kappa shape index (κ2) is 22.1. The van der Waals surface area contributed by atoms with E-state index < -0.39 is 5.97 Å². The van der Waals surface area contributed by atoms with E-state index in [1.54, 1.807) is 0 Å². The molecule has 2 nitrogen and oxygen atoms in total. The summed E-state index contributed by atoms with van der Waals surface area (Å²) in [6.07, 6.45) is 24.2. The van der Waals surface area contributed by atoms with E-state index in [9.17, 15) is 4.79 Å². The zero-order valence-electron chi connectivity index (χ0n) is 17.6. The van der Waals surface area contributed by atoms with Gasteiger partial charge in [0.25, 0.3) is 0 Å². The van der Waals surface area contributed by atoms with E-state index in [-0.39, 0.29) is 5.03 Å². The number of esters is 1. The molecule has 0 spiro atoms. The van der Waals surface area contributed by atoms with Gasteiger partial charge in [0.05, 0.1) is 6.61 Å². The average Bonchev–Trinajstić information content (AvgIpc) is 2.68. The Morgan fingerprint density at radius 1 is 0.667 bits per heavy atom. The summed E-state index contributed by atoms with van der Waals surface area (Å²) in [5, 5.41) is -0.0564. The van der Waals surface area contributed by atoms with Gasteiger partial charge in [-0.15, -0.1) is 0 Å². The quantitative estimate of drug-likeness (QED) is 0.111. The Hall–Kier alpha value is -0.210. The van der Waals surface area contributed by atoms with Crippen LogP contribution in [0.2, 0.25) is 0 Å². The highest BCUT2D eigenvalue weighted by Gasteiger charge is 2.06. The molecule has 0 aliphatic rings. The van der Waals surface area contributed by atoms with Gasteiger partial charge in [-0.2, -0.15) is 0 Å². The second-order valence-electron chi connectivity index (χ2n) is 7.60. The van der Waals surface area contributed by atoms with Crippen LogP contribution in [-0.2, 0) is 9.53 Å². The Labute approximate surface area is 178 Å². The van der Waals surface area contributed by atoms with E-state index in [1.165, 1.54) is 103 Å². The number of ether oxygens (including phenoxy) is 1. The number of halogens is 2. The molecule has 0 aromatic carbocycles. The molecule has 0 amide bonds. The van der Waals surface area contributed by atoms with Crippen molar-refractivity contribution in [3.63, 3.8) is 0 Å². The minimum absolute atomic E-state index is 0.0564. The third-order valence-electron chi connectivity index (χ3n) is 5.02. The van der Waals surface area contributed by atoms with Gasteiger partial charge in [0.2, 0.25) is 0 Å². The molecule has 0 aromatic rings. The third kappa shape index (κ3) is 20.3. The van der Waals surface area contributed by atoms with Crippen LogP contribution in [0.15, 0.2) is 10.6 Å². The molecule has 0 unspecified atom stereocenters. The average molecular weight is 421 g/mol. The van der Waals surface area contributed by atoms with Gasteiger partial charge < -0.3 is 4.74 Å². The van der Waals surface area contributed by atoms with Gasteiger partial charge in [-0.25, -0.2) is 4.79 Å². The first-order chi connectivity index (χ1) is 13.2. The Morgan fingerprint density at radius 3 is 1.33 bits per heavy atom. The van der Waals surface area contributed by atoms with Crippen molar-refractivity contribution in [2.75, 3.05) is 6.61 Å². The maximum Gasteiger partial charge on any atom is 0.350 e. The molecule has 0 atom stereocenters. The summed E-state index contributed by atoms with van der Waals surface area (Å²) in [6.45, 7) is 2.71. The van der Waals surface area contributed by atoms with Crippen LogP contribution in [0.1, 0.15) is 122 Å². The molecule has 0 saturated carbocycles. The molecule has 0 aliphatic heterocycles. The maximum atomic E-state index is 11.2. The largest absolute Gasteiger partial charge is 0.461 e. The Balaban J connectivity index is 3.10. The molecule has 27 heavy (non-hydrogen) atoms. The highest BCUT2D eigenvalue weighted by molar-refractivity contribution is 6.45. The van der Waals surface area contributed by atoms with Crippen molar-refractivity contribution in [2.45, 2.75) is 122 Å². The second-order valence-corrected chi connectivity index (χ2v) is 8.23. The fraction of sp³-hybridized carbons (Fsp3) is 0.870. The fourth-order valence-corrected chi connectivity index (χ4v) is 3.43. The van der Waals surface area contributed by atoms with Crippen LogP contribution < -0.4 is 0 Å². The number of hydrogen-bond acceptors (Lipinski definition) is 2. The van der Waals surface area contributed by atoms with Crippen LogP contribution in [0.5, 0.6) is 0 Å². The van der Waals surface area contributed by atoms with Crippen LogP contribution in [0.3, 0.4) is 0 Å². The van der Waals surface area contributed by atoms with Gasteiger partial charge in [0, 0.05) is 5.54 Å². The van der Waals surface area contributed by atoms with Crippen molar-refractivity contribution in [1.82, 2.24) is 0 Å². The summed E-state index contributed by atoms with van der Waals surface area (Å²) < 4.78 is 5.00. The normalized spacial score (nSPS) is 11.7. The highest BCUT2D eigenvalue weighted by atomic mass is 35.5. The molecular formula is C23H42Cl2O2. The SMILES string of the molecule is CCCCCCCCCCCCCCCCCCCCOC(=O)/C(Cl)=C/Cl. The molecule has 0 N–H and O–H groups in total. The lowest BCUT2D eigenvalue weighted by Gasteiger charge is -2.04. The molecule has 0 rings (SSSR count). The molecule has 0 radical (unpaired) electrons. The predicted molar refractivity (Wildman–Crippen MR) is 120 cm³/mol. The highest BCUT2D eigenvalue weighted by Crippen LogP contribution is 2.14. The summed E-state index contributed by atoms with van der Waals surface area (Å²) in [4.78, 5) is 11.2. The first kappa shape index (κ1) is 26.8. The summed E-state index contributed by atoms with van der Waals surface area (Å²) in [5.74, 6) is -0.529. The van der Waals surface area contributed by atoms with Crippen LogP contribution >= 0.6 is 23.2 Å². The molecule has 160 valence electrons. The third-order valence-corrected chi connectivity index (χ3v) is 5.62. The number of carbonyl (C=O) groups excluding carboxylic acids is 1. The lowest BCUT2D eigenvalue weighted by Crippen LogP contribution is -2.05. The predicted octanol–water partition coefficient (Wildman–Crippen LogP) is 8.89. The van der Waals surface area contributed by atoms with Gasteiger partial charge in [-0.3, -0.25) is 0 Å². The first-order valence-electron chi connectivity index (χ1n) is 11.3. The van der Waals surface area contributed by atoms with E-state index in [0.29, 0.717) is 6.61 Å². The van der Waals surface area contributed by atoms with Crippen LogP contribution in [0.25, 0.3) is 0 Å². The Bertz CT molecular complexity index is 356. The Kier molecular flexibility index (Phi) is 21.9. The van der Waals surface area contributed by atoms with E-state index in [2.05, 4.69) is 6.92 Å². The molecule has 0 aromatic heterocycles. The Morgan fingerprint density at radius 2 is 1.00 bits per heavy atom. The monoisotopic (exact) mass is 420 g/mol. The van der Waals surface area contributed by atoms with E-state index in [0.717, 1.165) is 18.4 Å². The van der Waals surface area contributed by atoms with Gasteiger partial charge in [-0.1, -0.05) is 139 Å². The van der Waals surface area contributed by atoms with Crippen LogP contribution in [-0.4, -0.2) is 12.6 Å². The van der Waals surface area contributed by atoms with E-state index in [4.69, 9.17) is 27.9 Å². The zero-order valence-corrected chi connectivity index (χ0v) is 19.1. The number of rotatable bonds is 20. The van der Waals surface area contributed by atoms with Crippen LogP contribution in [0, 0.1) is 0 Å². The molecule has 4 heteroatoms. The molecule has 0 fully saturated rings. The summed E-state index contributed by atoms with van der Waals surface area (Å²) in [7, 11) is 0. The lowest BCUT2D eigenvalue weighted by molar-refractivity contribution is -0.138. The minimum atomic E-state index is -0.529. The molecule has 0 aliphatic carbocycles. The van der Waals surface area contributed by atoms with Crippen molar-refractivity contribution in [3.05, 3.63) is 10.6 Å². The van der Waals surface area contributed by atoms with E-state index in [1.807, 2.05) is 0 Å². The smallest absolute Gasteiger partial charge is 0.350 e. The summed E-state index contributed by atoms with van der Waals surface area (Å²) >= 11 is 10.9. The van der Waals surface area contributed by atoms with Gasteiger partial charge in [0.15, 0.2) is 0 Å². The zero-order chi connectivity index (χ0) is 20.0. The molecule has 0 heterocycles. The molecule has 0 bridgehead atoms. The summed E-state index contributed by atoms with van der Waals surface area (Å²) in [6, 6.07) is 0. The number of unbranched alkanes of at least 4 members (excludes halogenated alkanes) is 17. The lowest BCUT2D eigenvalue weighted by atomic mass is 10.0. The van der Waals surface area contributed by atoms with Crippen molar-refractivity contribution < 1.29 is 9.53 Å². The topological polar surface area (TPSA) is 26.3 Å². The first-order valence-corrected chi connectivity index (χ1v) is 12.2. The number of hydrogen-bond donors (Lipinski definition) is 0. The molecular weight excluding hydrogens is 379 g/mol. The van der Waals surface area contributed by atoms with Gasteiger partial charge in [-0.05, 0) is 6.42 Å². The van der Waals surface area contributed by atoms with Crippen molar-refractivity contribution in [2.24, 2.45) is 0 Å². The van der Waals surface area contributed by atoms with Gasteiger partial charge in [0.1, 0.15) is 5.03 Å². The maximum absolute atomic E-state index is 11.2. The van der Waals surface area contributed by atoms with Crippen molar-refractivity contribution in [3.8, 4) is 0 Å². The van der Waals surface area contributed by atoms with Crippen molar-refractivity contribution in [1.29, 1.82) is 0 Å². The minimum Gasteiger partial charge on any atom is -0.461 e. The fourth-order valence-electron chi connectivity index (χ4n) is 3.28. The number of carbonyl (C=O) groups is 1. The molecule has 0 saturated heterocycles. The van der Waals surface area contributed by atoms with Crippen molar-refractivity contribution >= 4 is 29.2 Å². The van der Waals surface area contributed by atoms with Crippen LogP contribution in [0.4, 0.5) is 0 Å². The summed E-state index contributed by atoms with van der Waals surface area (Å²) in [5.41, 5.74) is 1.04. The van der Waals surface area contributed by atoms with E-state index >= 15 is 0 Å². The van der Waals surface area contributed by atoms with Gasteiger partial charge >= 0.3 is 5.97 Å².